The van der Waals surface area contributed by atoms with Crippen LogP contribution in [-0.4, -0.2) is 26.0 Å². The summed E-state index contributed by atoms with van der Waals surface area (Å²) in [6, 6.07) is 63.9. The lowest BCUT2D eigenvalue weighted by atomic mass is 10.0. The van der Waals surface area contributed by atoms with Gasteiger partial charge in [-0.25, -0.2) is 4.79 Å². The second-order valence-corrected chi connectivity index (χ2v) is 15.1. The lowest BCUT2D eigenvalue weighted by Crippen LogP contribution is -1.96. The molecule has 300 valence electrons. The Morgan fingerprint density at radius 2 is 0.635 bits per heavy atom. The molecule has 0 atom stereocenters. The van der Waals surface area contributed by atoms with Crippen LogP contribution in [-0.2, 0) is 0 Å². The zero-order chi connectivity index (χ0) is 42.8. The Bertz CT molecular complexity index is 2890. The molecule has 0 unspecified atom stereocenters. The van der Waals surface area contributed by atoms with Crippen molar-refractivity contribution in [1.29, 1.82) is 0 Å². The number of rotatable bonds is 12. The van der Waals surface area contributed by atoms with Crippen molar-refractivity contribution in [3.05, 3.63) is 246 Å². The molecule has 0 saturated heterocycles. The molecule has 0 aliphatic rings. The monoisotopic (exact) mass is 811 g/mol. The Hall–Kier alpha value is -8.54. The molecule has 0 spiro atoms. The minimum absolute atomic E-state index is 0.164. The van der Waals surface area contributed by atoms with E-state index in [2.05, 4.69) is 157 Å². The van der Waals surface area contributed by atoms with E-state index < -0.39 is 5.97 Å². The van der Waals surface area contributed by atoms with E-state index in [0.717, 1.165) is 89.4 Å². The van der Waals surface area contributed by atoms with E-state index >= 15 is 0 Å². The second-order valence-electron chi connectivity index (χ2n) is 15.1. The van der Waals surface area contributed by atoms with Crippen LogP contribution in [0.15, 0.2) is 207 Å². The summed E-state index contributed by atoms with van der Waals surface area (Å²) >= 11 is 0. The molecule has 0 bridgehead atoms. The van der Waals surface area contributed by atoms with Gasteiger partial charge in [0.1, 0.15) is 0 Å². The summed E-state index contributed by atoms with van der Waals surface area (Å²) in [5.74, 6) is -0.991. The van der Waals surface area contributed by atoms with Gasteiger partial charge in [0, 0.05) is 46.4 Å². The third kappa shape index (κ3) is 10.1. The summed E-state index contributed by atoms with van der Waals surface area (Å²) in [4.78, 5) is 25.1. The third-order valence-corrected chi connectivity index (χ3v) is 10.8. The normalized spacial score (nSPS) is 11.4. The molecule has 0 aliphatic heterocycles. The SMILES string of the molecule is O=C(O)c1ccc(-c2ccc(/C=C/c3cc(/C=C/c4ccc(-c5ccc(-c6ccccc6)cn5)cc4)cc(/C=C/c4ccc(-c5ccc(-c6ccccc6)cn5)cc4)c3)cc2)nc1. The molecule has 3 aromatic heterocycles. The molecule has 0 saturated carbocycles. The molecule has 5 heteroatoms. The van der Waals surface area contributed by atoms with E-state index in [1.54, 1.807) is 12.1 Å². The number of hydrogen-bond acceptors (Lipinski definition) is 4. The van der Waals surface area contributed by atoms with Gasteiger partial charge < -0.3 is 5.11 Å². The molecule has 9 aromatic rings. The fourth-order valence-corrected chi connectivity index (χ4v) is 7.29. The van der Waals surface area contributed by atoms with E-state index in [-0.39, 0.29) is 5.56 Å². The molecular formula is C58H41N3O2. The van der Waals surface area contributed by atoms with Crippen LogP contribution in [0.2, 0.25) is 0 Å². The minimum atomic E-state index is -0.991. The highest BCUT2D eigenvalue weighted by Gasteiger charge is 2.06. The molecule has 9 rings (SSSR count). The highest BCUT2D eigenvalue weighted by atomic mass is 16.4. The van der Waals surface area contributed by atoms with Gasteiger partial charge in [-0.05, 0) is 87.0 Å². The first-order valence-corrected chi connectivity index (χ1v) is 20.7. The lowest BCUT2D eigenvalue weighted by Gasteiger charge is -2.06. The van der Waals surface area contributed by atoms with Gasteiger partial charge in [-0.3, -0.25) is 15.0 Å². The maximum Gasteiger partial charge on any atom is 0.337 e. The third-order valence-electron chi connectivity index (χ3n) is 10.8. The first-order chi connectivity index (χ1) is 31.0. The van der Waals surface area contributed by atoms with E-state index in [1.165, 1.54) is 6.20 Å². The number of pyridine rings is 3. The van der Waals surface area contributed by atoms with E-state index in [9.17, 15) is 9.90 Å². The average molecular weight is 812 g/mol. The molecule has 63 heavy (non-hydrogen) atoms. The Morgan fingerprint density at radius 1 is 0.317 bits per heavy atom. The summed E-state index contributed by atoms with van der Waals surface area (Å²) in [6.45, 7) is 0. The maximum absolute atomic E-state index is 11.3. The quantitative estimate of drug-likeness (QED) is 0.124. The number of carboxylic acid groups (broad SMARTS) is 1. The summed E-state index contributed by atoms with van der Waals surface area (Å²) < 4.78 is 0. The maximum atomic E-state index is 11.3. The highest BCUT2D eigenvalue weighted by Crippen LogP contribution is 2.26. The van der Waals surface area contributed by atoms with Crippen LogP contribution >= 0.6 is 0 Å². The predicted octanol–water partition coefficient (Wildman–Crippen LogP) is 14.4. The van der Waals surface area contributed by atoms with Crippen molar-refractivity contribution < 1.29 is 9.90 Å². The first-order valence-electron chi connectivity index (χ1n) is 20.7. The molecule has 0 fully saturated rings. The molecule has 5 nitrogen and oxygen atoms in total. The van der Waals surface area contributed by atoms with Crippen molar-refractivity contribution in [2.24, 2.45) is 0 Å². The Morgan fingerprint density at radius 3 is 0.937 bits per heavy atom. The molecule has 0 amide bonds. The zero-order valence-electron chi connectivity index (χ0n) is 34.3. The number of carbonyl (C=O) groups is 1. The van der Waals surface area contributed by atoms with Gasteiger partial charge in [0.2, 0.25) is 0 Å². The standard InChI is InChI=1S/C58H41N3O2/c62-58(63)54-31-34-57(61-40-54)51-27-21-43(22-28-51)13-16-46-36-44(14-11-41-17-23-49(24-18-41)55-32-29-52(38-59-55)47-7-3-1-4-8-47)35-45(37-46)15-12-42-19-25-50(26-20-42)56-33-30-53(39-60-56)48-9-5-2-6-10-48/h1-40H,(H,62,63)/b14-11+,15-12+,16-13+. The van der Waals surface area contributed by atoms with Crippen LogP contribution in [0.3, 0.4) is 0 Å². The molecule has 3 heterocycles. The van der Waals surface area contributed by atoms with Gasteiger partial charge in [-0.15, -0.1) is 0 Å². The van der Waals surface area contributed by atoms with Gasteiger partial charge in [0.05, 0.1) is 22.6 Å². The largest absolute Gasteiger partial charge is 0.478 e. The van der Waals surface area contributed by atoms with Crippen LogP contribution in [0.4, 0.5) is 0 Å². The Labute approximate surface area is 367 Å². The van der Waals surface area contributed by atoms with Crippen molar-refractivity contribution in [3.63, 3.8) is 0 Å². The lowest BCUT2D eigenvalue weighted by molar-refractivity contribution is 0.0696. The van der Waals surface area contributed by atoms with Crippen LogP contribution < -0.4 is 0 Å². The second kappa shape index (κ2) is 18.8. The Balaban J connectivity index is 0.938. The number of aromatic carboxylic acids is 1. The van der Waals surface area contributed by atoms with Crippen LogP contribution in [0.1, 0.15) is 43.7 Å². The summed E-state index contributed by atoms with van der Waals surface area (Å²) in [5.41, 5.74) is 16.7. The number of nitrogens with zero attached hydrogens (tertiary/aromatic N) is 3. The summed E-state index contributed by atoms with van der Waals surface area (Å²) in [5, 5.41) is 9.23. The van der Waals surface area contributed by atoms with Gasteiger partial charge in [-0.2, -0.15) is 0 Å². The van der Waals surface area contributed by atoms with Crippen molar-refractivity contribution in [2.45, 2.75) is 0 Å². The van der Waals surface area contributed by atoms with E-state index in [0.29, 0.717) is 0 Å². The van der Waals surface area contributed by atoms with Crippen molar-refractivity contribution >= 4 is 42.4 Å². The number of aromatic nitrogens is 3. The fraction of sp³-hybridized carbons (Fsp3) is 0. The number of hydrogen-bond donors (Lipinski definition) is 1. The molecular weight excluding hydrogens is 771 g/mol. The van der Waals surface area contributed by atoms with Gasteiger partial charge >= 0.3 is 5.97 Å². The van der Waals surface area contributed by atoms with Gasteiger partial charge in [0.15, 0.2) is 0 Å². The Kier molecular flexibility index (Phi) is 11.9. The smallest absolute Gasteiger partial charge is 0.337 e. The predicted molar refractivity (Wildman–Crippen MR) is 260 cm³/mol. The molecule has 0 aliphatic carbocycles. The fourth-order valence-electron chi connectivity index (χ4n) is 7.29. The van der Waals surface area contributed by atoms with E-state index in [1.807, 2.05) is 73.1 Å². The van der Waals surface area contributed by atoms with Crippen molar-refractivity contribution in [3.8, 4) is 56.0 Å². The van der Waals surface area contributed by atoms with Crippen LogP contribution in [0.5, 0.6) is 0 Å². The highest BCUT2D eigenvalue weighted by molar-refractivity contribution is 5.87. The average Bonchev–Trinajstić information content (AvgIpc) is 3.35. The zero-order valence-corrected chi connectivity index (χ0v) is 34.3. The van der Waals surface area contributed by atoms with Crippen molar-refractivity contribution in [2.75, 3.05) is 0 Å². The van der Waals surface area contributed by atoms with E-state index in [4.69, 9.17) is 9.97 Å². The summed E-state index contributed by atoms with van der Waals surface area (Å²) in [7, 11) is 0. The topological polar surface area (TPSA) is 76.0 Å². The first kappa shape index (κ1) is 39.9. The van der Waals surface area contributed by atoms with Gasteiger partial charge in [0.25, 0.3) is 0 Å². The number of benzene rings is 6. The van der Waals surface area contributed by atoms with Crippen LogP contribution in [0, 0.1) is 0 Å². The van der Waals surface area contributed by atoms with Gasteiger partial charge in [-0.1, -0.05) is 182 Å². The molecule has 1 N–H and O–H groups in total. The summed E-state index contributed by atoms with van der Waals surface area (Å²) in [6.07, 6.45) is 18.1. The minimum Gasteiger partial charge on any atom is -0.478 e. The van der Waals surface area contributed by atoms with Crippen molar-refractivity contribution in [1.82, 2.24) is 15.0 Å². The molecule has 6 aromatic carbocycles. The molecule has 0 radical (unpaired) electrons. The number of carboxylic acids is 1. The van der Waals surface area contributed by atoms with Crippen LogP contribution in [0.25, 0.3) is 92.5 Å².